The number of carboxylic acid groups (broad SMARTS) is 1. The molecule has 0 fully saturated rings. The maximum absolute atomic E-state index is 11.5. The van der Waals surface area contributed by atoms with Crippen LogP contribution in [-0.2, 0) is 14.3 Å². The number of carbonyl (C=O) groups excluding carboxylic acids is 1. The summed E-state index contributed by atoms with van der Waals surface area (Å²) in [6.07, 6.45) is 1.08. The number of aliphatic carboxylic acids is 1. The van der Waals surface area contributed by atoms with Gasteiger partial charge < -0.3 is 25.2 Å². The molecule has 0 saturated heterocycles. The van der Waals surface area contributed by atoms with E-state index in [1.54, 1.807) is 7.11 Å². The van der Waals surface area contributed by atoms with Crippen LogP contribution in [0.4, 0.5) is 4.79 Å². The number of carbonyl (C=O) groups is 2. The van der Waals surface area contributed by atoms with Crippen LogP contribution in [0.5, 0.6) is 0 Å². The van der Waals surface area contributed by atoms with E-state index < -0.39 is 17.9 Å². The zero-order chi connectivity index (χ0) is 14.7. The van der Waals surface area contributed by atoms with E-state index in [9.17, 15) is 9.59 Å². The third-order valence-corrected chi connectivity index (χ3v) is 2.67. The van der Waals surface area contributed by atoms with Crippen LogP contribution < -0.4 is 10.6 Å². The Bertz CT molecular complexity index is 273. The Morgan fingerprint density at radius 3 is 2.32 bits per heavy atom. The highest BCUT2D eigenvalue weighted by Gasteiger charge is 2.17. The van der Waals surface area contributed by atoms with Gasteiger partial charge in [0.1, 0.15) is 0 Å². The largest absolute Gasteiger partial charge is 0.481 e. The fourth-order valence-corrected chi connectivity index (χ4v) is 1.54. The zero-order valence-corrected chi connectivity index (χ0v) is 11.8. The van der Waals surface area contributed by atoms with Crippen LogP contribution in [0.1, 0.15) is 19.8 Å². The van der Waals surface area contributed by atoms with Gasteiger partial charge >= 0.3 is 12.0 Å². The Kier molecular flexibility index (Phi) is 9.82. The Morgan fingerprint density at radius 2 is 1.84 bits per heavy atom. The van der Waals surface area contributed by atoms with Crippen molar-refractivity contribution in [3.05, 3.63) is 0 Å². The lowest BCUT2D eigenvalue weighted by molar-refractivity contribution is -0.141. The summed E-state index contributed by atoms with van der Waals surface area (Å²) in [5.74, 6) is -1.44. The van der Waals surface area contributed by atoms with E-state index in [2.05, 4.69) is 10.6 Å². The molecule has 3 N–H and O–H groups in total. The molecule has 112 valence electrons. The first-order valence-corrected chi connectivity index (χ1v) is 6.31. The number of rotatable bonds is 10. The van der Waals surface area contributed by atoms with Crippen molar-refractivity contribution >= 4 is 12.0 Å². The first-order chi connectivity index (χ1) is 9.04. The topological polar surface area (TPSA) is 96.9 Å². The number of methoxy groups -OCH3 is 2. The highest BCUT2D eigenvalue weighted by atomic mass is 16.5. The summed E-state index contributed by atoms with van der Waals surface area (Å²) in [5.41, 5.74) is 0. The van der Waals surface area contributed by atoms with E-state index in [1.165, 1.54) is 7.11 Å². The fraction of sp³-hybridized carbons (Fsp3) is 0.833. The summed E-state index contributed by atoms with van der Waals surface area (Å²) in [7, 11) is 3.08. The smallest absolute Gasteiger partial charge is 0.314 e. The van der Waals surface area contributed by atoms with Crippen molar-refractivity contribution in [1.29, 1.82) is 0 Å². The first-order valence-electron chi connectivity index (χ1n) is 6.31. The number of nitrogens with one attached hydrogen (secondary N) is 2. The first kappa shape index (κ1) is 17.7. The Hall–Kier alpha value is -1.34. The van der Waals surface area contributed by atoms with E-state index in [0.29, 0.717) is 19.6 Å². The summed E-state index contributed by atoms with van der Waals surface area (Å²) in [5, 5.41) is 14.1. The van der Waals surface area contributed by atoms with Crippen molar-refractivity contribution in [3.63, 3.8) is 0 Å². The van der Waals surface area contributed by atoms with Gasteiger partial charge in [0.25, 0.3) is 0 Å². The van der Waals surface area contributed by atoms with Gasteiger partial charge in [-0.15, -0.1) is 0 Å². The average Bonchev–Trinajstić information content (AvgIpc) is 2.38. The molecule has 0 radical (unpaired) electrons. The third-order valence-electron chi connectivity index (χ3n) is 2.67. The van der Waals surface area contributed by atoms with Crippen molar-refractivity contribution in [2.45, 2.75) is 25.9 Å². The molecule has 2 unspecified atom stereocenters. The van der Waals surface area contributed by atoms with Crippen LogP contribution in [-0.4, -0.2) is 57.1 Å². The molecular formula is C12H24N2O5. The van der Waals surface area contributed by atoms with Crippen LogP contribution in [0.25, 0.3) is 0 Å². The molecule has 0 saturated carbocycles. The molecule has 0 aliphatic rings. The minimum Gasteiger partial charge on any atom is -0.481 e. The predicted octanol–water partition coefficient (Wildman–Crippen LogP) is 0.448. The second-order valence-electron chi connectivity index (χ2n) is 4.23. The Labute approximate surface area is 113 Å². The number of hydrogen-bond donors (Lipinski definition) is 3. The van der Waals surface area contributed by atoms with Crippen LogP contribution >= 0.6 is 0 Å². The second kappa shape index (κ2) is 10.6. The molecule has 0 spiro atoms. The lowest BCUT2D eigenvalue weighted by atomic mass is 10.0. The zero-order valence-electron chi connectivity index (χ0n) is 11.8. The van der Waals surface area contributed by atoms with Gasteiger partial charge in [-0.3, -0.25) is 4.79 Å². The predicted molar refractivity (Wildman–Crippen MR) is 70.1 cm³/mol. The van der Waals surface area contributed by atoms with Gasteiger partial charge in [-0.2, -0.15) is 0 Å². The molecule has 0 aromatic carbocycles. The summed E-state index contributed by atoms with van der Waals surface area (Å²) in [6, 6.07) is -0.402. The molecule has 2 amide bonds. The average molecular weight is 276 g/mol. The van der Waals surface area contributed by atoms with Gasteiger partial charge in [0.05, 0.1) is 18.6 Å². The van der Waals surface area contributed by atoms with Crippen LogP contribution in [0.2, 0.25) is 0 Å². The molecule has 19 heavy (non-hydrogen) atoms. The van der Waals surface area contributed by atoms with E-state index in [4.69, 9.17) is 14.6 Å². The van der Waals surface area contributed by atoms with Gasteiger partial charge in [0.2, 0.25) is 0 Å². The lowest BCUT2D eigenvalue weighted by Gasteiger charge is -2.16. The molecular weight excluding hydrogens is 252 g/mol. The molecule has 7 heteroatoms. The van der Waals surface area contributed by atoms with Gasteiger partial charge in [-0.05, 0) is 6.42 Å². The maximum atomic E-state index is 11.5. The number of hydrogen-bond acceptors (Lipinski definition) is 4. The summed E-state index contributed by atoms with van der Waals surface area (Å²) in [4.78, 5) is 22.4. The molecule has 0 heterocycles. The van der Waals surface area contributed by atoms with Gasteiger partial charge in [-0.25, -0.2) is 4.79 Å². The fourth-order valence-electron chi connectivity index (χ4n) is 1.54. The van der Waals surface area contributed by atoms with Crippen LogP contribution in [0.15, 0.2) is 0 Å². The summed E-state index contributed by atoms with van der Waals surface area (Å²) < 4.78 is 10.00. The third kappa shape index (κ3) is 8.39. The lowest BCUT2D eigenvalue weighted by Crippen LogP contribution is -2.43. The summed E-state index contributed by atoms with van der Waals surface area (Å²) >= 11 is 0. The van der Waals surface area contributed by atoms with Crippen LogP contribution in [0.3, 0.4) is 0 Å². The Balaban J connectivity index is 3.93. The summed E-state index contributed by atoms with van der Waals surface area (Å²) in [6.45, 7) is 2.72. The van der Waals surface area contributed by atoms with E-state index >= 15 is 0 Å². The molecule has 0 aromatic heterocycles. The molecule has 0 bridgehead atoms. The molecule has 0 rings (SSSR count). The molecule has 0 aromatic rings. The molecule has 7 nitrogen and oxygen atoms in total. The maximum Gasteiger partial charge on any atom is 0.314 e. The van der Waals surface area contributed by atoms with Gasteiger partial charge in [0, 0.05) is 27.3 Å². The quantitative estimate of drug-likeness (QED) is 0.538. The normalized spacial score (nSPS) is 13.6. The number of amides is 2. The van der Waals surface area contributed by atoms with E-state index in [-0.39, 0.29) is 12.6 Å². The van der Waals surface area contributed by atoms with E-state index in [1.807, 2.05) is 6.92 Å². The monoisotopic (exact) mass is 276 g/mol. The Morgan fingerprint density at radius 1 is 1.21 bits per heavy atom. The minimum absolute atomic E-state index is 0.122. The van der Waals surface area contributed by atoms with Crippen LogP contribution in [0, 0.1) is 5.92 Å². The van der Waals surface area contributed by atoms with Crippen molar-refractivity contribution in [3.8, 4) is 0 Å². The molecule has 2 atom stereocenters. The number of carboxylic acids is 1. The van der Waals surface area contributed by atoms with Crippen molar-refractivity contribution in [1.82, 2.24) is 10.6 Å². The highest BCUT2D eigenvalue weighted by molar-refractivity contribution is 5.75. The number of ether oxygens (including phenoxy) is 2. The van der Waals surface area contributed by atoms with Crippen molar-refractivity contribution in [2.24, 2.45) is 5.92 Å². The molecule has 0 aliphatic heterocycles. The molecule has 0 aliphatic carbocycles. The van der Waals surface area contributed by atoms with Crippen molar-refractivity contribution < 1.29 is 24.2 Å². The SMILES string of the molecule is CCCC(CNC(=O)NCC(COC)OC)C(=O)O. The number of urea groups is 1. The van der Waals surface area contributed by atoms with Gasteiger partial charge in [0.15, 0.2) is 0 Å². The minimum atomic E-state index is -0.892. The highest BCUT2D eigenvalue weighted by Crippen LogP contribution is 2.04. The van der Waals surface area contributed by atoms with Crippen molar-refractivity contribution in [2.75, 3.05) is 33.9 Å². The van der Waals surface area contributed by atoms with Gasteiger partial charge in [-0.1, -0.05) is 13.3 Å². The second-order valence-corrected chi connectivity index (χ2v) is 4.23. The standard InChI is InChI=1S/C12H24N2O5/c1-4-5-9(11(15)16)6-13-12(17)14-7-10(19-3)8-18-2/h9-10H,4-8H2,1-3H3,(H,15,16)(H2,13,14,17). The van der Waals surface area contributed by atoms with E-state index in [0.717, 1.165) is 6.42 Å².